The summed E-state index contributed by atoms with van der Waals surface area (Å²) in [5.41, 5.74) is 0.329. The molecular formula is C18H12Cl2F3N3O. The van der Waals surface area contributed by atoms with Gasteiger partial charge in [-0.3, -0.25) is 4.79 Å². The molecule has 0 fully saturated rings. The molecule has 27 heavy (non-hydrogen) atoms. The van der Waals surface area contributed by atoms with E-state index in [9.17, 15) is 18.0 Å². The van der Waals surface area contributed by atoms with Gasteiger partial charge in [-0.2, -0.15) is 18.3 Å². The molecule has 3 rings (SSSR count). The van der Waals surface area contributed by atoms with E-state index < -0.39 is 17.6 Å². The summed E-state index contributed by atoms with van der Waals surface area (Å²) in [7, 11) is 0. The quantitative estimate of drug-likeness (QED) is 0.593. The zero-order chi connectivity index (χ0) is 19.8. The van der Waals surface area contributed by atoms with Crippen LogP contribution in [-0.4, -0.2) is 15.7 Å². The van der Waals surface area contributed by atoms with Crippen molar-refractivity contribution in [1.29, 1.82) is 0 Å². The Kier molecular flexibility index (Phi) is 5.17. The van der Waals surface area contributed by atoms with Crippen LogP contribution in [0.5, 0.6) is 0 Å². The number of nitrogens with one attached hydrogen (secondary N) is 1. The lowest BCUT2D eigenvalue weighted by atomic mass is 10.2. The summed E-state index contributed by atoms with van der Waals surface area (Å²) in [5.74, 6) is -0.540. The molecule has 0 aliphatic carbocycles. The third-order valence-electron chi connectivity index (χ3n) is 3.66. The molecule has 0 radical (unpaired) electrons. The zero-order valence-corrected chi connectivity index (χ0v) is 15.3. The monoisotopic (exact) mass is 413 g/mol. The summed E-state index contributed by atoms with van der Waals surface area (Å²) in [5, 5.41) is 7.42. The highest BCUT2D eigenvalue weighted by molar-refractivity contribution is 6.35. The van der Waals surface area contributed by atoms with Crippen LogP contribution in [0, 0.1) is 6.92 Å². The van der Waals surface area contributed by atoms with Crippen LogP contribution in [0.15, 0.2) is 48.5 Å². The lowest BCUT2D eigenvalue weighted by molar-refractivity contribution is -0.137. The van der Waals surface area contributed by atoms with E-state index in [4.69, 9.17) is 23.2 Å². The van der Waals surface area contributed by atoms with Gasteiger partial charge in [0.25, 0.3) is 5.91 Å². The van der Waals surface area contributed by atoms with E-state index in [1.807, 2.05) is 0 Å². The zero-order valence-electron chi connectivity index (χ0n) is 13.8. The highest BCUT2D eigenvalue weighted by Crippen LogP contribution is 2.30. The van der Waals surface area contributed by atoms with Gasteiger partial charge in [0.1, 0.15) is 0 Å². The first-order valence-corrected chi connectivity index (χ1v) is 8.41. The first-order valence-electron chi connectivity index (χ1n) is 7.65. The van der Waals surface area contributed by atoms with Crippen LogP contribution in [0.2, 0.25) is 10.0 Å². The average Bonchev–Trinajstić information content (AvgIpc) is 2.95. The third-order valence-corrected chi connectivity index (χ3v) is 4.09. The van der Waals surface area contributed by atoms with Crippen molar-refractivity contribution in [3.05, 3.63) is 75.5 Å². The number of nitrogens with zero attached hydrogens (tertiary/aromatic N) is 2. The number of halogens is 5. The Balaban J connectivity index is 1.89. The van der Waals surface area contributed by atoms with Crippen LogP contribution < -0.4 is 5.32 Å². The predicted molar refractivity (Wildman–Crippen MR) is 97.7 cm³/mol. The number of aromatic nitrogens is 2. The Morgan fingerprint density at radius 2 is 1.74 bits per heavy atom. The molecule has 140 valence electrons. The van der Waals surface area contributed by atoms with E-state index in [-0.39, 0.29) is 11.4 Å². The summed E-state index contributed by atoms with van der Waals surface area (Å²) >= 11 is 11.8. The van der Waals surface area contributed by atoms with Crippen molar-refractivity contribution in [3.8, 4) is 5.69 Å². The van der Waals surface area contributed by atoms with E-state index in [0.717, 1.165) is 12.1 Å². The lowest BCUT2D eigenvalue weighted by Gasteiger charge is -2.09. The highest BCUT2D eigenvalue weighted by Gasteiger charge is 2.30. The van der Waals surface area contributed by atoms with Gasteiger partial charge in [-0.25, -0.2) is 4.68 Å². The maximum absolute atomic E-state index is 12.9. The van der Waals surface area contributed by atoms with Gasteiger partial charge in [0, 0.05) is 21.4 Å². The minimum atomic E-state index is -4.47. The maximum atomic E-state index is 12.9. The average molecular weight is 414 g/mol. The fourth-order valence-corrected chi connectivity index (χ4v) is 3.01. The molecule has 0 aliphatic rings. The molecule has 9 heteroatoms. The smallest absolute Gasteiger partial charge is 0.320 e. The standard InChI is InChI=1S/C18H12Cl2F3N3O/c1-10-5-16(17(27)24-14-8-12(19)7-13(20)9-14)25-26(10)15-4-2-3-11(6-15)18(21,22)23/h2-9H,1H3,(H,24,27). The van der Waals surface area contributed by atoms with Gasteiger partial charge < -0.3 is 5.32 Å². The Morgan fingerprint density at radius 1 is 1.07 bits per heavy atom. The number of benzene rings is 2. The number of rotatable bonds is 3. The number of anilines is 1. The molecule has 0 atom stereocenters. The Morgan fingerprint density at radius 3 is 2.37 bits per heavy atom. The van der Waals surface area contributed by atoms with Gasteiger partial charge in [0.15, 0.2) is 5.69 Å². The summed E-state index contributed by atoms with van der Waals surface area (Å²) in [6.07, 6.45) is -4.47. The topological polar surface area (TPSA) is 46.9 Å². The van der Waals surface area contributed by atoms with Crippen molar-refractivity contribution < 1.29 is 18.0 Å². The third kappa shape index (κ3) is 4.43. The van der Waals surface area contributed by atoms with Gasteiger partial charge in [0.05, 0.1) is 11.3 Å². The summed E-state index contributed by atoms with van der Waals surface area (Å²) < 4.78 is 40.0. The van der Waals surface area contributed by atoms with Gasteiger partial charge in [-0.1, -0.05) is 29.3 Å². The largest absolute Gasteiger partial charge is 0.416 e. The van der Waals surface area contributed by atoms with Crippen LogP contribution >= 0.6 is 23.2 Å². The van der Waals surface area contributed by atoms with Gasteiger partial charge in [-0.15, -0.1) is 0 Å². The maximum Gasteiger partial charge on any atom is 0.416 e. The fourth-order valence-electron chi connectivity index (χ4n) is 2.48. The van der Waals surface area contributed by atoms with Crippen LogP contribution in [0.4, 0.5) is 18.9 Å². The summed E-state index contributed by atoms with van der Waals surface area (Å²) in [4.78, 5) is 12.4. The van der Waals surface area contributed by atoms with E-state index in [1.54, 1.807) is 6.92 Å². The molecule has 2 aromatic carbocycles. The molecule has 1 N–H and O–H groups in total. The molecule has 0 saturated heterocycles. The summed E-state index contributed by atoms with van der Waals surface area (Å²) in [6, 6.07) is 10.7. The number of hydrogen-bond donors (Lipinski definition) is 1. The molecule has 4 nitrogen and oxygen atoms in total. The van der Waals surface area contributed by atoms with Gasteiger partial charge in [0.2, 0.25) is 0 Å². The molecule has 1 aromatic heterocycles. The number of aryl methyl sites for hydroxylation is 1. The Bertz CT molecular complexity index is 995. The first-order chi connectivity index (χ1) is 12.6. The molecule has 0 aliphatic heterocycles. The van der Waals surface area contributed by atoms with E-state index in [2.05, 4.69) is 10.4 Å². The summed E-state index contributed by atoms with van der Waals surface area (Å²) in [6.45, 7) is 1.64. The molecule has 0 spiro atoms. The van der Waals surface area contributed by atoms with Crippen LogP contribution in [0.25, 0.3) is 5.69 Å². The number of alkyl halides is 3. The molecule has 0 unspecified atom stereocenters. The number of hydrogen-bond acceptors (Lipinski definition) is 2. The second-order valence-electron chi connectivity index (χ2n) is 5.74. The molecule has 3 aromatic rings. The Labute approximate surface area is 162 Å². The van der Waals surface area contributed by atoms with Crippen LogP contribution in [0.1, 0.15) is 21.7 Å². The lowest BCUT2D eigenvalue weighted by Crippen LogP contribution is -2.13. The van der Waals surface area contributed by atoms with Crippen LogP contribution in [-0.2, 0) is 6.18 Å². The van der Waals surface area contributed by atoms with Crippen molar-refractivity contribution in [2.24, 2.45) is 0 Å². The van der Waals surface area contributed by atoms with Gasteiger partial charge in [-0.05, 0) is 49.4 Å². The molecule has 0 bridgehead atoms. The van der Waals surface area contributed by atoms with Gasteiger partial charge >= 0.3 is 6.18 Å². The molecular weight excluding hydrogens is 402 g/mol. The first kappa shape index (κ1) is 19.3. The van der Waals surface area contributed by atoms with Crippen molar-refractivity contribution in [2.45, 2.75) is 13.1 Å². The van der Waals surface area contributed by atoms with E-state index >= 15 is 0 Å². The van der Waals surface area contributed by atoms with Crippen LogP contribution in [0.3, 0.4) is 0 Å². The van der Waals surface area contributed by atoms with Crippen molar-refractivity contribution in [2.75, 3.05) is 5.32 Å². The Hall–Kier alpha value is -2.51. The van der Waals surface area contributed by atoms with Crippen molar-refractivity contribution in [3.63, 3.8) is 0 Å². The molecule has 1 amide bonds. The predicted octanol–water partition coefficient (Wildman–Crippen LogP) is 5.76. The van der Waals surface area contributed by atoms with Crippen molar-refractivity contribution in [1.82, 2.24) is 9.78 Å². The number of amides is 1. The number of carbonyl (C=O) groups is 1. The SMILES string of the molecule is Cc1cc(C(=O)Nc2cc(Cl)cc(Cl)c2)nn1-c1cccc(C(F)(F)F)c1. The van der Waals surface area contributed by atoms with Crippen molar-refractivity contribution >= 4 is 34.8 Å². The minimum Gasteiger partial charge on any atom is -0.320 e. The normalized spacial score (nSPS) is 11.5. The second kappa shape index (κ2) is 7.25. The van der Waals surface area contributed by atoms with E-state index in [1.165, 1.54) is 41.1 Å². The highest BCUT2D eigenvalue weighted by atomic mass is 35.5. The molecule has 1 heterocycles. The van der Waals surface area contributed by atoms with E-state index in [0.29, 0.717) is 21.4 Å². The fraction of sp³-hybridized carbons (Fsp3) is 0.111. The number of carbonyl (C=O) groups excluding carboxylic acids is 1. The second-order valence-corrected chi connectivity index (χ2v) is 6.62. The minimum absolute atomic E-state index is 0.0426. The molecule has 0 saturated carbocycles.